The standard InChI is InChI=1S/C24H32N2O3/c1-18-5-4-14-26(16-18)17-20-6-9-21(10-7-20)24(27)25-13-12-19-8-11-22(28-2)23(15-19)29-3/h6-11,15,18H,4-5,12-14,16-17H2,1-3H3,(H,25,27)/t18-/m0/s1. The van der Waals surface area contributed by atoms with E-state index in [4.69, 9.17) is 9.47 Å². The highest BCUT2D eigenvalue weighted by Crippen LogP contribution is 2.27. The first-order chi connectivity index (χ1) is 14.1. The Bertz CT molecular complexity index is 804. The molecule has 1 amide bonds. The van der Waals surface area contributed by atoms with Gasteiger partial charge in [-0.3, -0.25) is 9.69 Å². The van der Waals surface area contributed by atoms with Gasteiger partial charge >= 0.3 is 0 Å². The van der Waals surface area contributed by atoms with Crippen LogP contribution in [0.1, 0.15) is 41.3 Å². The Kier molecular flexibility index (Phi) is 7.53. The Morgan fingerprint density at radius 1 is 1.07 bits per heavy atom. The Balaban J connectivity index is 1.48. The fourth-order valence-electron chi connectivity index (χ4n) is 3.91. The number of nitrogens with zero attached hydrogens (tertiary/aromatic N) is 1. The number of hydrogen-bond donors (Lipinski definition) is 1. The highest BCUT2D eigenvalue weighted by Gasteiger charge is 2.16. The van der Waals surface area contributed by atoms with E-state index in [1.807, 2.05) is 30.3 Å². The number of nitrogens with one attached hydrogen (secondary N) is 1. The molecular weight excluding hydrogens is 364 g/mol. The molecule has 3 rings (SSSR count). The van der Waals surface area contributed by atoms with Crippen molar-refractivity contribution in [3.05, 3.63) is 59.2 Å². The van der Waals surface area contributed by atoms with Gasteiger partial charge in [0, 0.05) is 25.2 Å². The average Bonchev–Trinajstić information content (AvgIpc) is 2.74. The first kappa shape index (κ1) is 21.2. The number of rotatable bonds is 8. The number of carbonyl (C=O) groups is 1. The maximum absolute atomic E-state index is 12.4. The van der Waals surface area contributed by atoms with Crippen LogP contribution >= 0.6 is 0 Å². The molecule has 0 aromatic heterocycles. The van der Waals surface area contributed by atoms with Gasteiger partial charge in [-0.2, -0.15) is 0 Å². The second-order valence-corrected chi connectivity index (χ2v) is 7.87. The Hall–Kier alpha value is -2.53. The van der Waals surface area contributed by atoms with Gasteiger partial charge in [-0.1, -0.05) is 25.1 Å². The minimum atomic E-state index is -0.0383. The molecule has 1 atom stereocenters. The number of benzene rings is 2. The largest absolute Gasteiger partial charge is 0.493 e. The summed E-state index contributed by atoms with van der Waals surface area (Å²) in [5.74, 6) is 2.15. The van der Waals surface area contributed by atoms with E-state index in [0.29, 0.717) is 23.6 Å². The quantitative estimate of drug-likeness (QED) is 0.735. The molecule has 0 aliphatic carbocycles. The summed E-state index contributed by atoms with van der Waals surface area (Å²) < 4.78 is 10.6. The van der Waals surface area contributed by atoms with Gasteiger partial charge in [0.05, 0.1) is 14.2 Å². The van der Waals surface area contributed by atoms with E-state index in [0.717, 1.165) is 24.4 Å². The highest BCUT2D eigenvalue weighted by molar-refractivity contribution is 5.94. The van der Waals surface area contributed by atoms with Crippen molar-refractivity contribution >= 4 is 5.91 Å². The van der Waals surface area contributed by atoms with E-state index < -0.39 is 0 Å². The Morgan fingerprint density at radius 3 is 2.48 bits per heavy atom. The molecule has 1 aliphatic heterocycles. The van der Waals surface area contributed by atoms with Crippen LogP contribution in [0.4, 0.5) is 0 Å². The number of ether oxygens (including phenoxy) is 2. The number of amides is 1. The molecule has 5 heteroatoms. The first-order valence-corrected chi connectivity index (χ1v) is 10.4. The van der Waals surface area contributed by atoms with Crippen molar-refractivity contribution in [3.8, 4) is 11.5 Å². The van der Waals surface area contributed by atoms with Crippen LogP contribution in [0.3, 0.4) is 0 Å². The number of carbonyl (C=O) groups excluding carboxylic acids is 1. The predicted molar refractivity (Wildman–Crippen MR) is 116 cm³/mol. The van der Waals surface area contributed by atoms with E-state index in [1.54, 1.807) is 14.2 Å². The summed E-state index contributed by atoms with van der Waals surface area (Å²) in [4.78, 5) is 14.9. The maximum Gasteiger partial charge on any atom is 0.251 e. The zero-order valence-corrected chi connectivity index (χ0v) is 17.7. The van der Waals surface area contributed by atoms with Gasteiger partial charge in [0.15, 0.2) is 11.5 Å². The van der Waals surface area contributed by atoms with E-state index in [-0.39, 0.29) is 5.91 Å². The van der Waals surface area contributed by atoms with Crippen molar-refractivity contribution in [2.24, 2.45) is 5.92 Å². The van der Waals surface area contributed by atoms with Crippen molar-refractivity contribution in [2.75, 3.05) is 33.9 Å². The molecule has 0 spiro atoms. The van der Waals surface area contributed by atoms with Crippen molar-refractivity contribution < 1.29 is 14.3 Å². The zero-order valence-electron chi connectivity index (χ0n) is 17.7. The lowest BCUT2D eigenvalue weighted by Gasteiger charge is -2.30. The molecule has 29 heavy (non-hydrogen) atoms. The smallest absolute Gasteiger partial charge is 0.251 e. The van der Waals surface area contributed by atoms with Crippen LogP contribution in [0, 0.1) is 5.92 Å². The lowest BCUT2D eigenvalue weighted by Crippen LogP contribution is -2.33. The summed E-state index contributed by atoms with van der Waals surface area (Å²) in [6, 6.07) is 13.8. The van der Waals surface area contributed by atoms with E-state index in [1.165, 1.54) is 31.5 Å². The molecule has 0 saturated carbocycles. The van der Waals surface area contributed by atoms with Crippen LogP contribution in [0.2, 0.25) is 0 Å². The van der Waals surface area contributed by atoms with Crippen molar-refractivity contribution in [3.63, 3.8) is 0 Å². The van der Waals surface area contributed by atoms with Gasteiger partial charge in [-0.15, -0.1) is 0 Å². The minimum Gasteiger partial charge on any atom is -0.493 e. The topological polar surface area (TPSA) is 50.8 Å². The van der Waals surface area contributed by atoms with Gasteiger partial charge in [-0.05, 0) is 67.1 Å². The van der Waals surface area contributed by atoms with Gasteiger partial charge in [0.1, 0.15) is 0 Å². The second kappa shape index (κ2) is 10.3. The zero-order chi connectivity index (χ0) is 20.6. The molecule has 156 valence electrons. The van der Waals surface area contributed by atoms with Crippen LogP contribution in [-0.2, 0) is 13.0 Å². The molecule has 1 fully saturated rings. The number of hydrogen-bond acceptors (Lipinski definition) is 4. The maximum atomic E-state index is 12.4. The molecule has 1 N–H and O–H groups in total. The molecule has 2 aromatic rings. The molecule has 1 saturated heterocycles. The number of piperidine rings is 1. The highest BCUT2D eigenvalue weighted by atomic mass is 16.5. The fraction of sp³-hybridized carbons (Fsp3) is 0.458. The fourth-order valence-corrected chi connectivity index (χ4v) is 3.91. The molecule has 0 unspecified atom stereocenters. The normalized spacial score (nSPS) is 17.0. The number of methoxy groups -OCH3 is 2. The summed E-state index contributed by atoms with van der Waals surface area (Å²) in [6.45, 7) is 6.19. The van der Waals surface area contributed by atoms with Crippen LogP contribution < -0.4 is 14.8 Å². The Morgan fingerprint density at radius 2 is 1.79 bits per heavy atom. The first-order valence-electron chi connectivity index (χ1n) is 10.4. The predicted octanol–water partition coefficient (Wildman–Crippen LogP) is 3.91. The van der Waals surface area contributed by atoms with Crippen LogP contribution in [0.15, 0.2) is 42.5 Å². The molecule has 2 aromatic carbocycles. The lowest BCUT2D eigenvalue weighted by atomic mass is 9.99. The summed E-state index contributed by atoms with van der Waals surface area (Å²) in [6.07, 6.45) is 3.35. The third-order valence-corrected chi connectivity index (χ3v) is 5.51. The van der Waals surface area contributed by atoms with Crippen molar-refractivity contribution in [1.82, 2.24) is 10.2 Å². The molecular formula is C24H32N2O3. The second-order valence-electron chi connectivity index (χ2n) is 7.87. The average molecular weight is 397 g/mol. The molecule has 5 nitrogen and oxygen atoms in total. The van der Waals surface area contributed by atoms with Crippen molar-refractivity contribution in [1.29, 1.82) is 0 Å². The summed E-state index contributed by atoms with van der Waals surface area (Å²) in [7, 11) is 3.25. The molecule has 1 heterocycles. The minimum absolute atomic E-state index is 0.0383. The van der Waals surface area contributed by atoms with E-state index in [2.05, 4.69) is 29.3 Å². The SMILES string of the molecule is COc1ccc(CCNC(=O)c2ccc(CN3CCC[C@H](C)C3)cc2)cc1OC. The van der Waals surface area contributed by atoms with Crippen LogP contribution in [0.25, 0.3) is 0 Å². The van der Waals surface area contributed by atoms with E-state index in [9.17, 15) is 4.79 Å². The van der Waals surface area contributed by atoms with Crippen LogP contribution in [0.5, 0.6) is 11.5 Å². The Labute approximate surface area is 174 Å². The van der Waals surface area contributed by atoms with E-state index >= 15 is 0 Å². The third kappa shape index (κ3) is 5.97. The van der Waals surface area contributed by atoms with Gasteiger partial charge < -0.3 is 14.8 Å². The van der Waals surface area contributed by atoms with Gasteiger partial charge in [0.25, 0.3) is 5.91 Å². The van der Waals surface area contributed by atoms with Gasteiger partial charge in [-0.25, -0.2) is 0 Å². The lowest BCUT2D eigenvalue weighted by molar-refractivity contribution is 0.0954. The monoisotopic (exact) mass is 396 g/mol. The molecule has 1 aliphatic rings. The van der Waals surface area contributed by atoms with Crippen molar-refractivity contribution in [2.45, 2.75) is 32.7 Å². The molecule has 0 radical (unpaired) electrons. The number of likely N-dealkylation sites (tertiary alicyclic amines) is 1. The summed E-state index contributed by atoms with van der Waals surface area (Å²) in [5.41, 5.74) is 3.06. The summed E-state index contributed by atoms with van der Waals surface area (Å²) >= 11 is 0. The molecule has 0 bridgehead atoms. The third-order valence-electron chi connectivity index (χ3n) is 5.51. The summed E-state index contributed by atoms with van der Waals surface area (Å²) in [5, 5.41) is 3.00. The van der Waals surface area contributed by atoms with Crippen LogP contribution in [-0.4, -0.2) is 44.7 Å². The van der Waals surface area contributed by atoms with Gasteiger partial charge in [0.2, 0.25) is 0 Å².